The first-order valence-corrected chi connectivity index (χ1v) is 5.05. The van der Waals surface area contributed by atoms with Crippen LogP contribution in [0.5, 0.6) is 0 Å². The van der Waals surface area contributed by atoms with Crippen molar-refractivity contribution in [3.63, 3.8) is 0 Å². The van der Waals surface area contributed by atoms with E-state index in [2.05, 4.69) is 6.58 Å². The summed E-state index contributed by atoms with van der Waals surface area (Å²) in [6, 6.07) is 7.09. The van der Waals surface area contributed by atoms with Crippen molar-refractivity contribution in [3.05, 3.63) is 47.7 Å². The average Bonchev–Trinajstić information content (AvgIpc) is 2.28. The van der Waals surface area contributed by atoms with Gasteiger partial charge in [-0.1, -0.05) is 36.4 Å². The van der Waals surface area contributed by atoms with Gasteiger partial charge in [0.2, 0.25) is 0 Å². The Kier molecular flexibility index (Phi) is 4.26. The van der Waals surface area contributed by atoms with Crippen LogP contribution < -0.4 is 0 Å². The van der Waals surface area contributed by atoms with Crippen molar-refractivity contribution >= 4 is 5.78 Å². The van der Waals surface area contributed by atoms with E-state index in [0.717, 1.165) is 5.56 Å². The van der Waals surface area contributed by atoms with Crippen LogP contribution in [-0.4, -0.2) is 24.1 Å². The van der Waals surface area contributed by atoms with Crippen molar-refractivity contribution in [2.75, 3.05) is 7.11 Å². The van der Waals surface area contributed by atoms with Gasteiger partial charge in [-0.05, 0) is 6.92 Å². The molecule has 3 heteroatoms. The van der Waals surface area contributed by atoms with E-state index < -0.39 is 6.10 Å². The van der Waals surface area contributed by atoms with Gasteiger partial charge in [0.25, 0.3) is 0 Å². The van der Waals surface area contributed by atoms with E-state index in [-0.39, 0.29) is 12.2 Å². The first kappa shape index (κ1) is 12.5. The fraction of sp³-hybridized carbons (Fsp3) is 0.308. The number of aliphatic hydroxyl groups is 1. The van der Waals surface area contributed by atoms with E-state index >= 15 is 0 Å². The van der Waals surface area contributed by atoms with Gasteiger partial charge in [0, 0.05) is 12.0 Å². The maximum absolute atomic E-state index is 11.8. The zero-order valence-electron chi connectivity index (χ0n) is 9.56. The first-order chi connectivity index (χ1) is 7.54. The second-order valence-corrected chi connectivity index (χ2v) is 3.69. The fourth-order valence-electron chi connectivity index (χ4n) is 1.30. The topological polar surface area (TPSA) is 46.5 Å². The number of carbonyl (C=O) groups is 1. The minimum absolute atomic E-state index is 0.128. The zero-order chi connectivity index (χ0) is 12.1. The molecule has 0 saturated carbocycles. The van der Waals surface area contributed by atoms with Crippen LogP contribution in [0.15, 0.2) is 36.6 Å². The third kappa shape index (κ3) is 3.21. The van der Waals surface area contributed by atoms with E-state index in [0.29, 0.717) is 11.3 Å². The predicted molar refractivity (Wildman–Crippen MR) is 62.3 cm³/mol. The standard InChI is InChI=1S/C13H16O3/c1-9-4-6-11(7-5-9)13(15)12(14)8-10(2)16-3/h4-7,12,14H,2,8H2,1,3H3. The number of benzene rings is 1. The number of ether oxygens (including phenoxy) is 1. The molecule has 0 aliphatic carbocycles. The molecule has 1 unspecified atom stereocenters. The van der Waals surface area contributed by atoms with Crippen LogP contribution in [-0.2, 0) is 4.74 Å². The van der Waals surface area contributed by atoms with E-state index in [1.165, 1.54) is 7.11 Å². The molecule has 0 aliphatic heterocycles. The number of Topliss-reactive ketones (excluding diaryl/α,β-unsaturated/α-hetero) is 1. The molecular formula is C13H16O3. The molecule has 86 valence electrons. The second kappa shape index (κ2) is 5.47. The summed E-state index contributed by atoms with van der Waals surface area (Å²) >= 11 is 0. The molecular weight excluding hydrogens is 204 g/mol. The number of aliphatic hydroxyl groups excluding tert-OH is 1. The Labute approximate surface area is 95.4 Å². The number of methoxy groups -OCH3 is 1. The van der Waals surface area contributed by atoms with Crippen LogP contribution >= 0.6 is 0 Å². The lowest BCUT2D eigenvalue weighted by atomic mass is 10.0. The number of hydrogen-bond acceptors (Lipinski definition) is 3. The van der Waals surface area contributed by atoms with Gasteiger partial charge in [0.15, 0.2) is 5.78 Å². The molecule has 0 spiro atoms. The Morgan fingerprint density at radius 1 is 1.44 bits per heavy atom. The number of aryl methyl sites for hydroxylation is 1. The summed E-state index contributed by atoms with van der Waals surface area (Å²) in [6.45, 7) is 5.51. The zero-order valence-corrected chi connectivity index (χ0v) is 9.56. The maximum atomic E-state index is 11.8. The first-order valence-electron chi connectivity index (χ1n) is 5.05. The third-order valence-electron chi connectivity index (χ3n) is 2.35. The Morgan fingerprint density at radius 2 is 2.00 bits per heavy atom. The molecule has 1 aromatic rings. The van der Waals surface area contributed by atoms with Crippen LogP contribution in [0.3, 0.4) is 0 Å². The lowest BCUT2D eigenvalue weighted by molar-refractivity contribution is 0.0716. The molecule has 1 N–H and O–H groups in total. The van der Waals surface area contributed by atoms with Gasteiger partial charge >= 0.3 is 0 Å². The summed E-state index contributed by atoms with van der Waals surface area (Å²) in [5, 5.41) is 9.65. The van der Waals surface area contributed by atoms with Gasteiger partial charge in [-0.25, -0.2) is 0 Å². The van der Waals surface area contributed by atoms with E-state index in [1.807, 2.05) is 19.1 Å². The molecule has 16 heavy (non-hydrogen) atoms. The van der Waals surface area contributed by atoms with Crippen molar-refractivity contribution in [1.82, 2.24) is 0 Å². The van der Waals surface area contributed by atoms with Crippen molar-refractivity contribution in [1.29, 1.82) is 0 Å². The Balaban J connectivity index is 2.70. The highest BCUT2D eigenvalue weighted by atomic mass is 16.5. The summed E-state index contributed by atoms with van der Waals surface area (Å²) in [6.07, 6.45) is -0.960. The Hall–Kier alpha value is -1.61. The third-order valence-corrected chi connectivity index (χ3v) is 2.35. The smallest absolute Gasteiger partial charge is 0.191 e. The predicted octanol–water partition coefficient (Wildman–Crippen LogP) is 2.09. The molecule has 0 amide bonds. The Morgan fingerprint density at radius 3 is 2.50 bits per heavy atom. The summed E-state index contributed by atoms with van der Waals surface area (Å²) in [4.78, 5) is 11.8. The van der Waals surface area contributed by atoms with Gasteiger partial charge in [0.05, 0.1) is 12.9 Å². The molecule has 0 aliphatic rings. The van der Waals surface area contributed by atoms with Crippen molar-refractivity contribution in [3.8, 4) is 0 Å². The minimum atomic E-state index is -1.09. The van der Waals surface area contributed by atoms with Crippen LogP contribution in [0.4, 0.5) is 0 Å². The number of carbonyl (C=O) groups excluding carboxylic acids is 1. The molecule has 0 heterocycles. The molecule has 0 saturated heterocycles. The van der Waals surface area contributed by atoms with Gasteiger partial charge in [0.1, 0.15) is 6.10 Å². The highest BCUT2D eigenvalue weighted by molar-refractivity contribution is 5.99. The largest absolute Gasteiger partial charge is 0.502 e. The monoisotopic (exact) mass is 220 g/mol. The molecule has 1 rings (SSSR count). The highest BCUT2D eigenvalue weighted by Gasteiger charge is 2.18. The van der Waals surface area contributed by atoms with Crippen molar-refractivity contribution < 1.29 is 14.6 Å². The number of ketones is 1. The van der Waals surface area contributed by atoms with E-state index in [1.54, 1.807) is 12.1 Å². The van der Waals surface area contributed by atoms with Crippen LogP contribution in [0.1, 0.15) is 22.3 Å². The Bertz CT molecular complexity index is 379. The van der Waals surface area contributed by atoms with Crippen LogP contribution in [0.2, 0.25) is 0 Å². The van der Waals surface area contributed by atoms with Gasteiger partial charge in [-0.2, -0.15) is 0 Å². The summed E-state index contributed by atoms with van der Waals surface area (Å²) in [7, 11) is 1.46. The van der Waals surface area contributed by atoms with Gasteiger partial charge < -0.3 is 9.84 Å². The van der Waals surface area contributed by atoms with Gasteiger partial charge in [-0.3, -0.25) is 4.79 Å². The fourth-order valence-corrected chi connectivity index (χ4v) is 1.30. The molecule has 0 radical (unpaired) electrons. The lowest BCUT2D eigenvalue weighted by Crippen LogP contribution is -2.21. The van der Waals surface area contributed by atoms with E-state index in [9.17, 15) is 9.90 Å². The van der Waals surface area contributed by atoms with Crippen LogP contribution in [0, 0.1) is 6.92 Å². The van der Waals surface area contributed by atoms with Gasteiger partial charge in [-0.15, -0.1) is 0 Å². The van der Waals surface area contributed by atoms with Crippen molar-refractivity contribution in [2.24, 2.45) is 0 Å². The molecule has 1 atom stereocenters. The van der Waals surface area contributed by atoms with Crippen LogP contribution in [0.25, 0.3) is 0 Å². The number of hydrogen-bond donors (Lipinski definition) is 1. The molecule has 0 fully saturated rings. The highest BCUT2D eigenvalue weighted by Crippen LogP contribution is 2.11. The normalized spacial score (nSPS) is 11.9. The average molecular weight is 220 g/mol. The number of rotatable bonds is 5. The summed E-state index contributed by atoms with van der Waals surface area (Å²) < 4.78 is 4.82. The second-order valence-electron chi connectivity index (χ2n) is 3.69. The SMILES string of the molecule is C=C(CC(O)C(=O)c1ccc(C)cc1)OC. The van der Waals surface area contributed by atoms with Crippen molar-refractivity contribution in [2.45, 2.75) is 19.4 Å². The molecule has 1 aromatic carbocycles. The summed E-state index contributed by atoms with van der Waals surface area (Å²) in [5.74, 6) is 0.0890. The van der Waals surface area contributed by atoms with E-state index in [4.69, 9.17) is 4.74 Å². The molecule has 0 bridgehead atoms. The minimum Gasteiger partial charge on any atom is -0.502 e. The molecule has 3 nitrogen and oxygen atoms in total. The maximum Gasteiger partial charge on any atom is 0.191 e. The quantitative estimate of drug-likeness (QED) is 0.610. The lowest BCUT2D eigenvalue weighted by Gasteiger charge is -2.10. The summed E-state index contributed by atoms with van der Waals surface area (Å²) in [5.41, 5.74) is 1.58. The molecule has 0 aromatic heterocycles.